The molecule has 2 aromatic rings. The summed E-state index contributed by atoms with van der Waals surface area (Å²) in [5.41, 5.74) is 0.0178. The minimum Gasteiger partial charge on any atom is -0.481 e. The van der Waals surface area contributed by atoms with Gasteiger partial charge in [-0.3, -0.25) is 4.79 Å². The second-order valence-electron chi connectivity index (χ2n) is 4.77. The molecule has 0 saturated heterocycles. The molecule has 2 heterocycles. The average Bonchev–Trinajstić information content (AvgIpc) is 2.82. The summed E-state index contributed by atoms with van der Waals surface area (Å²) < 4.78 is 5.41. The molecule has 0 atom stereocenters. The lowest BCUT2D eigenvalue weighted by atomic mass is 9.86. The van der Waals surface area contributed by atoms with Crippen LogP contribution in [-0.4, -0.2) is 36.7 Å². The van der Waals surface area contributed by atoms with Gasteiger partial charge in [0.15, 0.2) is 5.69 Å². The van der Waals surface area contributed by atoms with E-state index >= 15 is 0 Å². The van der Waals surface area contributed by atoms with Gasteiger partial charge in [0.25, 0.3) is 5.89 Å². The van der Waals surface area contributed by atoms with Gasteiger partial charge in [-0.2, -0.15) is 15.4 Å². The van der Waals surface area contributed by atoms with Crippen LogP contribution in [0.5, 0.6) is 0 Å². The van der Waals surface area contributed by atoms with Crippen LogP contribution in [0.2, 0.25) is 0 Å². The average molecular weight is 251 g/mol. The summed E-state index contributed by atoms with van der Waals surface area (Å²) in [7, 11) is 0. The van der Waals surface area contributed by atoms with E-state index in [0.717, 1.165) is 0 Å². The quantitative estimate of drug-likeness (QED) is 0.810. The lowest BCUT2D eigenvalue weighted by Gasteiger charge is -2.19. The maximum Gasteiger partial charge on any atom is 0.303 e. The van der Waals surface area contributed by atoms with Gasteiger partial charge in [0.05, 0.1) is 12.6 Å². The monoisotopic (exact) mass is 251 g/mol. The molecular formula is C10H13N5O3. The Morgan fingerprint density at radius 1 is 1.50 bits per heavy atom. The number of hydrogen-bond donors (Lipinski definition) is 2. The van der Waals surface area contributed by atoms with Gasteiger partial charge < -0.3 is 9.52 Å². The molecule has 2 N–H and O–H groups in total. The Labute approximate surface area is 102 Å². The Balaban J connectivity index is 2.09. The van der Waals surface area contributed by atoms with Crippen LogP contribution in [0.4, 0.5) is 0 Å². The SMILES string of the molecule is CC(C)(CC(=O)O)Cc1nnc(-c2cn[nH]n2)o1. The van der Waals surface area contributed by atoms with E-state index < -0.39 is 11.4 Å². The lowest BCUT2D eigenvalue weighted by molar-refractivity contribution is -0.139. The molecular weight excluding hydrogens is 238 g/mol. The lowest BCUT2D eigenvalue weighted by Crippen LogP contribution is -2.19. The van der Waals surface area contributed by atoms with Crippen molar-refractivity contribution in [1.29, 1.82) is 0 Å². The molecule has 0 aromatic carbocycles. The van der Waals surface area contributed by atoms with Gasteiger partial charge in [-0.05, 0) is 5.41 Å². The number of rotatable bonds is 5. The van der Waals surface area contributed by atoms with Crippen LogP contribution in [0.25, 0.3) is 11.6 Å². The summed E-state index contributed by atoms with van der Waals surface area (Å²) in [6.07, 6.45) is 1.90. The van der Waals surface area contributed by atoms with E-state index in [9.17, 15) is 4.79 Å². The highest BCUT2D eigenvalue weighted by Gasteiger charge is 2.25. The van der Waals surface area contributed by atoms with Crippen LogP contribution in [-0.2, 0) is 11.2 Å². The van der Waals surface area contributed by atoms with E-state index in [-0.39, 0.29) is 12.3 Å². The van der Waals surface area contributed by atoms with Crippen molar-refractivity contribution in [3.05, 3.63) is 12.1 Å². The highest BCUT2D eigenvalue weighted by Crippen LogP contribution is 2.26. The van der Waals surface area contributed by atoms with Crippen LogP contribution in [0.1, 0.15) is 26.2 Å². The van der Waals surface area contributed by atoms with E-state index in [0.29, 0.717) is 18.0 Å². The Bertz CT molecular complexity index is 531. The summed E-state index contributed by atoms with van der Waals surface area (Å²) >= 11 is 0. The predicted octanol–water partition coefficient (Wildman–Crippen LogP) is 0.898. The van der Waals surface area contributed by atoms with Crippen molar-refractivity contribution in [3.8, 4) is 11.6 Å². The van der Waals surface area contributed by atoms with Crippen molar-refractivity contribution < 1.29 is 14.3 Å². The van der Waals surface area contributed by atoms with Crippen molar-refractivity contribution in [2.75, 3.05) is 0 Å². The molecule has 0 radical (unpaired) electrons. The van der Waals surface area contributed by atoms with Crippen molar-refractivity contribution in [3.63, 3.8) is 0 Å². The first-order valence-electron chi connectivity index (χ1n) is 5.37. The third kappa shape index (κ3) is 2.90. The minimum atomic E-state index is -0.851. The minimum absolute atomic E-state index is 0.0364. The summed E-state index contributed by atoms with van der Waals surface area (Å²) in [5.74, 6) is -0.194. The number of aromatic nitrogens is 5. The smallest absolute Gasteiger partial charge is 0.303 e. The second-order valence-corrected chi connectivity index (χ2v) is 4.77. The molecule has 0 aliphatic rings. The molecule has 96 valence electrons. The molecule has 0 aliphatic carbocycles. The molecule has 8 nitrogen and oxygen atoms in total. The zero-order valence-electron chi connectivity index (χ0n) is 10.0. The Morgan fingerprint density at radius 2 is 2.28 bits per heavy atom. The maximum absolute atomic E-state index is 10.7. The number of aliphatic carboxylic acids is 1. The molecule has 2 rings (SSSR count). The molecule has 0 fully saturated rings. The number of hydrogen-bond acceptors (Lipinski definition) is 6. The summed E-state index contributed by atoms with van der Waals surface area (Å²) in [5, 5.41) is 26.4. The number of carbonyl (C=O) groups is 1. The molecule has 0 saturated carbocycles. The van der Waals surface area contributed by atoms with Gasteiger partial charge in [0, 0.05) is 6.42 Å². The predicted molar refractivity (Wildman–Crippen MR) is 59.4 cm³/mol. The van der Waals surface area contributed by atoms with Gasteiger partial charge >= 0.3 is 5.97 Å². The molecule has 0 spiro atoms. The highest BCUT2D eigenvalue weighted by atomic mass is 16.4. The Hall–Kier alpha value is -2.25. The third-order valence-electron chi connectivity index (χ3n) is 2.36. The zero-order chi connectivity index (χ0) is 13.2. The molecule has 0 unspecified atom stereocenters. The van der Waals surface area contributed by atoms with E-state index in [1.807, 2.05) is 13.8 Å². The Kier molecular flexibility index (Phi) is 3.09. The standard InChI is InChI=1S/C10H13N5O3/c1-10(2,4-8(16)17)3-7-13-14-9(18-7)6-5-11-15-12-6/h5H,3-4H2,1-2H3,(H,16,17)(H,11,12,15). The van der Waals surface area contributed by atoms with Crippen molar-refractivity contribution in [2.24, 2.45) is 5.41 Å². The van der Waals surface area contributed by atoms with Crippen molar-refractivity contribution in [2.45, 2.75) is 26.7 Å². The largest absolute Gasteiger partial charge is 0.481 e. The molecule has 0 aliphatic heterocycles. The number of H-pyrrole nitrogens is 1. The molecule has 0 amide bonds. The normalized spacial score (nSPS) is 11.7. The van der Waals surface area contributed by atoms with E-state index in [1.54, 1.807) is 0 Å². The van der Waals surface area contributed by atoms with Crippen LogP contribution in [0, 0.1) is 5.41 Å². The third-order valence-corrected chi connectivity index (χ3v) is 2.36. The summed E-state index contributed by atoms with van der Waals surface area (Å²) in [6.45, 7) is 3.67. The molecule has 0 bridgehead atoms. The molecule has 8 heteroatoms. The first kappa shape index (κ1) is 12.2. The fraction of sp³-hybridized carbons (Fsp3) is 0.500. The van der Waals surface area contributed by atoms with Crippen LogP contribution >= 0.6 is 0 Å². The summed E-state index contributed by atoms with van der Waals surface area (Å²) in [4.78, 5) is 10.7. The van der Waals surface area contributed by atoms with Crippen LogP contribution < -0.4 is 0 Å². The number of nitrogens with zero attached hydrogens (tertiary/aromatic N) is 4. The number of carboxylic acids is 1. The van der Waals surface area contributed by atoms with E-state index in [4.69, 9.17) is 9.52 Å². The first-order valence-corrected chi connectivity index (χ1v) is 5.37. The first-order chi connectivity index (χ1) is 8.46. The van der Waals surface area contributed by atoms with Gasteiger partial charge in [-0.25, -0.2) is 0 Å². The fourth-order valence-corrected chi connectivity index (χ4v) is 1.61. The highest BCUT2D eigenvalue weighted by molar-refractivity contribution is 5.67. The topological polar surface area (TPSA) is 118 Å². The summed E-state index contributed by atoms with van der Waals surface area (Å²) in [6, 6.07) is 0. The van der Waals surface area contributed by atoms with Crippen molar-refractivity contribution >= 4 is 5.97 Å². The zero-order valence-corrected chi connectivity index (χ0v) is 10.0. The van der Waals surface area contributed by atoms with Gasteiger partial charge in [0.2, 0.25) is 5.89 Å². The number of aromatic amines is 1. The van der Waals surface area contributed by atoms with Crippen molar-refractivity contribution in [1.82, 2.24) is 25.6 Å². The van der Waals surface area contributed by atoms with Gasteiger partial charge in [-0.15, -0.1) is 10.2 Å². The van der Waals surface area contributed by atoms with E-state index in [1.165, 1.54) is 6.20 Å². The van der Waals surface area contributed by atoms with Gasteiger partial charge in [-0.1, -0.05) is 13.8 Å². The van der Waals surface area contributed by atoms with Crippen LogP contribution in [0.15, 0.2) is 10.6 Å². The van der Waals surface area contributed by atoms with E-state index in [2.05, 4.69) is 25.6 Å². The molecule has 2 aromatic heterocycles. The number of nitrogens with one attached hydrogen (secondary N) is 1. The van der Waals surface area contributed by atoms with Crippen LogP contribution in [0.3, 0.4) is 0 Å². The molecule has 18 heavy (non-hydrogen) atoms. The Morgan fingerprint density at radius 3 is 2.89 bits per heavy atom. The second kappa shape index (κ2) is 4.55. The number of carboxylic acid groups (broad SMARTS) is 1. The van der Waals surface area contributed by atoms with Gasteiger partial charge in [0.1, 0.15) is 0 Å². The maximum atomic E-state index is 10.7. The fourth-order valence-electron chi connectivity index (χ4n) is 1.61.